The van der Waals surface area contributed by atoms with Gasteiger partial charge in [-0.25, -0.2) is 0 Å². The molecule has 2 heterocycles. The lowest BCUT2D eigenvalue weighted by Gasteiger charge is -2.19. The van der Waals surface area contributed by atoms with E-state index in [0.29, 0.717) is 16.0 Å². The SMILES string of the molecule is [2H]c1cc(C([2H])([2H])C(C)(C)C)cc(C([2H])([2H])[2H])c1-c1cc(-c2cccc3c2sc2c([2H])c(C#N)ccc23)ncc1C([2H])([2H])[2H]. The lowest BCUT2D eigenvalue weighted by Crippen LogP contribution is -2.09. The number of hydrogen-bond donors (Lipinski definition) is 0. The highest BCUT2D eigenvalue weighted by Gasteiger charge is 2.16. The fourth-order valence-corrected chi connectivity index (χ4v) is 5.25. The van der Waals surface area contributed by atoms with Crippen LogP contribution in [0.2, 0.25) is 0 Å². The number of pyridine rings is 1. The zero-order valence-electron chi connectivity index (χ0n) is 29.0. The van der Waals surface area contributed by atoms with Crippen LogP contribution in [-0.2, 0) is 6.37 Å². The molecule has 0 atom stereocenters. The van der Waals surface area contributed by atoms with E-state index in [-0.39, 0.29) is 45.5 Å². The minimum Gasteiger partial charge on any atom is -0.256 e. The summed E-state index contributed by atoms with van der Waals surface area (Å²) in [5.74, 6) is 0. The number of thiophene rings is 1. The first-order chi connectivity index (χ1) is 20.3. The Morgan fingerprint density at radius 1 is 1.03 bits per heavy atom. The third-order valence-electron chi connectivity index (χ3n) is 5.45. The molecule has 0 radical (unpaired) electrons. The van der Waals surface area contributed by atoms with Crippen LogP contribution in [0.25, 0.3) is 42.6 Å². The summed E-state index contributed by atoms with van der Waals surface area (Å²) in [6, 6.07) is 14.7. The van der Waals surface area contributed by atoms with Crippen molar-refractivity contribution in [3.63, 3.8) is 0 Å². The van der Waals surface area contributed by atoms with Gasteiger partial charge in [0.1, 0.15) is 0 Å². The van der Waals surface area contributed by atoms with E-state index in [0.717, 1.165) is 15.5 Å². The monoisotopic (exact) mass is 470 g/mol. The van der Waals surface area contributed by atoms with Gasteiger partial charge in [0.25, 0.3) is 0 Å². The van der Waals surface area contributed by atoms with Crippen LogP contribution >= 0.6 is 11.3 Å². The Bertz CT molecular complexity index is 1990. The van der Waals surface area contributed by atoms with Crippen molar-refractivity contribution in [3.8, 4) is 28.5 Å². The molecule has 5 rings (SSSR count). The fourth-order valence-electron chi connectivity index (χ4n) is 4.03. The van der Waals surface area contributed by atoms with Crippen molar-refractivity contribution in [1.82, 2.24) is 4.98 Å². The molecule has 3 heteroatoms. The lowest BCUT2D eigenvalue weighted by molar-refractivity contribution is 0.411. The molecule has 3 aromatic carbocycles. The summed E-state index contributed by atoms with van der Waals surface area (Å²) in [7, 11) is 0. The summed E-state index contributed by atoms with van der Waals surface area (Å²) >= 11 is 1.31. The van der Waals surface area contributed by atoms with Crippen LogP contribution in [0.15, 0.2) is 66.8 Å². The van der Waals surface area contributed by atoms with Crippen LogP contribution in [0.1, 0.15) is 56.7 Å². The average molecular weight is 471 g/mol. The lowest BCUT2D eigenvalue weighted by atomic mass is 9.86. The first-order valence-corrected chi connectivity index (χ1v) is 11.6. The van der Waals surface area contributed by atoms with Gasteiger partial charge in [0.2, 0.25) is 0 Å². The normalized spacial score (nSPS) is 17.2. The zero-order valence-corrected chi connectivity index (χ0v) is 19.8. The van der Waals surface area contributed by atoms with Gasteiger partial charge >= 0.3 is 0 Å². The first kappa shape index (κ1) is 13.4. The molecule has 0 spiro atoms. The van der Waals surface area contributed by atoms with Gasteiger partial charge in [-0.05, 0) is 71.5 Å². The highest BCUT2D eigenvalue weighted by Crippen LogP contribution is 2.41. The van der Waals surface area contributed by atoms with Crippen LogP contribution < -0.4 is 0 Å². The number of rotatable bonds is 3. The Hall–Kier alpha value is -3.48. The van der Waals surface area contributed by atoms with Gasteiger partial charge in [-0.2, -0.15) is 5.26 Å². The van der Waals surface area contributed by atoms with Crippen molar-refractivity contribution >= 4 is 31.5 Å². The van der Waals surface area contributed by atoms with Gasteiger partial charge in [0.15, 0.2) is 0 Å². The predicted molar refractivity (Wildman–Crippen MR) is 145 cm³/mol. The molecule has 0 N–H and O–H groups in total. The van der Waals surface area contributed by atoms with E-state index in [1.54, 1.807) is 45.0 Å². The summed E-state index contributed by atoms with van der Waals surface area (Å²) in [4.78, 5) is 4.47. The molecule has 0 bridgehead atoms. The second-order valence-corrected chi connectivity index (χ2v) is 10.2. The van der Waals surface area contributed by atoms with Crippen LogP contribution in [0.4, 0.5) is 0 Å². The maximum absolute atomic E-state index is 9.42. The number of benzene rings is 3. The van der Waals surface area contributed by atoms with E-state index in [1.807, 2.05) is 12.1 Å². The van der Waals surface area contributed by atoms with E-state index in [4.69, 9.17) is 13.7 Å². The van der Waals surface area contributed by atoms with Crippen LogP contribution in [0, 0.1) is 30.4 Å². The maximum atomic E-state index is 9.42. The van der Waals surface area contributed by atoms with Crippen molar-refractivity contribution in [2.75, 3.05) is 0 Å². The molecule has 2 aromatic heterocycles. The Morgan fingerprint density at radius 3 is 2.65 bits per heavy atom. The predicted octanol–water partition coefficient (Wildman–Crippen LogP) is 8.86. The summed E-state index contributed by atoms with van der Waals surface area (Å²) in [5, 5.41) is 11.0. The quantitative estimate of drug-likeness (QED) is 0.264. The fraction of sp³-hybridized carbons (Fsp3) is 0.226. The van der Waals surface area contributed by atoms with Crippen molar-refractivity contribution in [1.29, 1.82) is 5.26 Å². The first-order valence-electron chi connectivity index (χ1n) is 15.8. The number of hydrogen-bond acceptors (Lipinski definition) is 3. The minimum absolute atomic E-state index is 0.0000522. The molecule has 2 nitrogen and oxygen atoms in total. The second kappa shape index (κ2) is 8.38. The van der Waals surface area contributed by atoms with E-state index in [1.165, 1.54) is 35.7 Å². The Balaban J connectivity index is 1.84. The Labute approximate surface area is 219 Å². The van der Waals surface area contributed by atoms with Crippen molar-refractivity contribution in [2.45, 2.75) is 40.8 Å². The molecule has 0 saturated heterocycles. The molecule has 0 amide bonds. The van der Waals surface area contributed by atoms with E-state index in [2.05, 4.69) is 4.98 Å². The third-order valence-corrected chi connectivity index (χ3v) is 6.62. The van der Waals surface area contributed by atoms with Crippen molar-refractivity contribution in [2.24, 2.45) is 5.41 Å². The van der Waals surface area contributed by atoms with Crippen molar-refractivity contribution in [3.05, 3.63) is 89.1 Å². The van der Waals surface area contributed by atoms with Crippen LogP contribution in [0.3, 0.4) is 0 Å². The van der Waals surface area contributed by atoms with Gasteiger partial charge in [-0.3, -0.25) is 4.98 Å². The topological polar surface area (TPSA) is 36.7 Å². The molecule has 5 aromatic rings. The highest BCUT2D eigenvalue weighted by atomic mass is 32.1. The molecular formula is C31H28N2S. The van der Waals surface area contributed by atoms with Gasteiger partial charge in [-0.1, -0.05) is 63.2 Å². The van der Waals surface area contributed by atoms with Crippen LogP contribution in [0.5, 0.6) is 0 Å². The van der Waals surface area contributed by atoms with E-state index < -0.39 is 25.5 Å². The van der Waals surface area contributed by atoms with Gasteiger partial charge in [-0.15, -0.1) is 11.3 Å². The minimum atomic E-state index is -2.79. The van der Waals surface area contributed by atoms with Crippen LogP contribution in [-0.4, -0.2) is 4.98 Å². The largest absolute Gasteiger partial charge is 0.256 e. The number of nitriles is 1. The summed E-state index contributed by atoms with van der Waals surface area (Å²) in [5.41, 5.74) is -0.383. The molecule has 34 heavy (non-hydrogen) atoms. The standard InChI is InChI=1S/C31H28N2S/c1-19-13-21(16-31(3,4)5)9-11-23(19)27-15-28(33-18-20(27)2)26-8-6-7-25-24-12-10-22(17-32)14-29(24)34-30(25)26/h6-15,18H,16H2,1-5H3/i1D3,2D3,11D,14D,16D2. The number of aromatic nitrogens is 1. The molecule has 0 saturated carbocycles. The summed E-state index contributed by atoms with van der Waals surface area (Å²) in [6.07, 6.45) is -0.810. The second-order valence-electron chi connectivity index (χ2n) is 9.18. The van der Waals surface area contributed by atoms with Gasteiger partial charge in [0.05, 0.1) is 20.1 Å². The highest BCUT2D eigenvalue weighted by molar-refractivity contribution is 7.26. The van der Waals surface area contributed by atoms with Gasteiger partial charge in [0, 0.05) is 42.9 Å². The molecule has 0 fully saturated rings. The third kappa shape index (κ3) is 4.11. The number of nitrogens with zero attached hydrogens (tertiary/aromatic N) is 2. The summed E-state index contributed by atoms with van der Waals surface area (Å²) in [6.45, 7) is -0.447. The molecule has 0 aliphatic rings. The smallest absolute Gasteiger partial charge is 0.0992 e. The molecule has 168 valence electrons. The molecule has 0 aliphatic carbocycles. The molecular weight excluding hydrogens is 432 g/mol. The summed E-state index contributed by atoms with van der Waals surface area (Å²) < 4.78 is 85.8. The number of fused-ring (bicyclic) bond motifs is 3. The maximum Gasteiger partial charge on any atom is 0.0992 e. The van der Waals surface area contributed by atoms with E-state index >= 15 is 0 Å². The Morgan fingerprint density at radius 2 is 1.88 bits per heavy atom. The van der Waals surface area contributed by atoms with Gasteiger partial charge < -0.3 is 0 Å². The van der Waals surface area contributed by atoms with Crippen molar-refractivity contribution < 1.29 is 13.7 Å². The molecule has 0 aliphatic heterocycles. The van der Waals surface area contributed by atoms with E-state index in [9.17, 15) is 5.26 Å². The average Bonchev–Trinajstić information content (AvgIpc) is 3.30. The molecule has 0 unspecified atom stereocenters. The zero-order chi connectivity index (χ0) is 32.6. The Kier molecular flexibility index (Phi) is 3.31. The number of aryl methyl sites for hydroxylation is 2.